The predicted octanol–water partition coefficient (Wildman–Crippen LogP) is 1.63. The zero-order chi connectivity index (χ0) is 13.1. The van der Waals surface area contributed by atoms with Gasteiger partial charge >= 0.3 is 0 Å². The second-order valence-corrected chi connectivity index (χ2v) is 6.37. The minimum atomic E-state index is -0.266. The number of ether oxygens (including phenoxy) is 2. The highest BCUT2D eigenvalue weighted by molar-refractivity contribution is 5.60. The lowest BCUT2D eigenvalue weighted by Crippen LogP contribution is -2.57. The molecule has 0 aromatic rings. The monoisotopic (exact) mass is 267 g/mol. The Morgan fingerprint density at radius 2 is 2.11 bits per heavy atom. The number of hydrogen-bond acceptors (Lipinski definition) is 4. The zero-order valence-electron chi connectivity index (χ0n) is 11.7. The summed E-state index contributed by atoms with van der Waals surface area (Å²) in [6.45, 7) is 4.06. The Morgan fingerprint density at radius 1 is 1.21 bits per heavy atom. The van der Waals surface area contributed by atoms with E-state index < -0.39 is 0 Å². The highest BCUT2D eigenvalue weighted by Crippen LogP contribution is 2.33. The maximum atomic E-state index is 11.6. The molecule has 3 rings (SSSR count). The van der Waals surface area contributed by atoms with Gasteiger partial charge in [-0.25, -0.2) is 0 Å². The number of fused-ring (bicyclic) bond motifs is 1. The van der Waals surface area contributed by atoms with Crippen LogP contribution in [0.15, 0.2) is 0 Å². The molecule has 4 heteroatoms. The molecule has 3 aliphatic rings. The molecule has 4 nitrogen and oxygen atoms in total. The highest BCUT2D eigenvalue weighted by atomic mass is 16.5. The van der Waals surface area contributed by atoms with Crippen molar-refractivity contribution < 1.29 is 14.3 Å². The molecule has 2 heterocycles. The lowest BCUT2D eigenvalue weighted by Gasteiger charge is -2.47. The van der Waals surface area contributed by atoms with Crippen LogP contribution in [0.1, 0.15) is 38.5 Å². The summed E-state index contributed by atoms with van der Waals surface area (Å²) in [5, 5.41) is 0. The number of carbonyl (C=O) groups is 1. The van der Waals surface area contributed by atoms with E-state index in [0.29, 0.717) is 18.8 Å². The van der Waals surface area contributed by atoms with Gasteiger partial charge in [-0.05, 0) is 25.7 Å². The number of morpholine rings is 1. The first-order valence-corrected chi connectivity index (χ1v) is 7.73. The summed E-state index contributed by atoms with van der Waals surface area (Å²) >= 11 is 0. The van der Waals surface area contributed by atoms with Gasteiger partial charge in [-0.2, -0.15) is 0 Å². The molecule has 2 saturated heterocycles. The van der Waals surface area contributed by atoms with E-state index in [4.69, 9.17) is 9.47 Å². The molecule has 3 fully saturated rings. The van der Waals surface area contributed by atoms with Crippen LogP contribution in [-0.4, -0.2) is 56.2 Å². The van der Waals surface area contributed by atoms with Crippen molar-refractivity contribution in [3.05, 3.63) is 0 Å². The van der Waals surface area contributed by atoms with E-state index in [1.165, 1.54) is 25.7 Å². The van der Waals surface area contributed by atoms with Crippen LogP contribution in [-0.2, 0) is 14.3 Å². The quantitative estimate of drug-likeness (QED) is 0.729. The normalized spacial score (nSPS) is 40.6. The maximum absolute atomic E-state index is 11.6. The molecule has 2 aliphatic heterocycles. The fourth-order valence-electron chi connectivity index (χ4n) is 3.91. The van der Waals surface area contributed by atoms with Crippen LogP contribution in [0.4, 0.5) is 0 Å². The third-order valence-electron chi connectivity index (χ3n) is 4.97. The summed E-state index contributed by atoms with van der Waals surface area (Å²) in [7, 11) is 0. The van der Waals surface area contributed by atoms with Crippen LogP contribution in [0.2, 0.25) is 0 Å². The second-order valence-electron chi connectivity index (χ2n) is 6.37. The van der Waals surface area contributed by atoms with Crippen LogP contribution in [0.25, 0.3) is 0 Å². The Balaban J connectivity index is 1.68. The minimum absolute atomic E-state index is 0.266. The van der Waals surface area contributed by atoms with Crippen molar-refractivity contribution >= 4 is 6.29 Å². The van der Waals surface area contributed by atoms with Crippen molar-refractivity contribution in [1.82, 2.24) is 4.90 Å². The van der Waals surface area contributed by atoms with Crippen molar-refractivity contribution in [2.24, 2.45) is 5.41 Å². The molecule has 0 N–H and O–H groups in total. The van der Waals surface area contributed by atoms with Gasteiger partial charge in [0.25, 0.3) is 0 Å². The fraction of sp³-hybridized carbons (Fsp3) is 0.933. The van der Waals surface area contributed by atoms with Crippen molar-refractivity contribution in [3.63, 3.8) is 0 Å². The van der Waals surface area contributed by atoms with E-state index in [1.807, 2.05) is 0 Å². The Morgan fingerprint density at radius 3 is 2.89 bits per heavy atom. The zero-order valence-corrected chi connectivity index (χ0v) is 11.7. The summed E-state index contributed by atoms with van der Waals surface area (Å²) in [5.74, 6) is 0. The largest absolute Gasteiger partial charge is 0.380 e. The van der Waals surface area contributed by atoms with Gasteiger partial charge in [0, 0.05) is 25.7 Å². The van der Waals surface area contributed by atoms with Crippen LogP contribution in [0.3, 0.4) is 0 Å². The summed E-state index contributed by atoms with van der Waals surface area (Å²) < 4.78 is 11.5. The van der Waals surface area contributed by atoms with Crippen molar-refractivity contribution in [2.75, 3.05) is 32.9 Å². The molecule has 1 saturated carbocycles. The molecule has 1 aliphatic carbocycles. The van der Waals surface area contributed by atoms with Gasteiger partial charge in [-0.3, -0.25) is 4.90 Å². The molecule has 0 bridgehead atoms. The molecule has 3 atom stereocenters. The predicted molar refractivity (Wildman–Crippen MR) is 72.1 cm³/mol. The SMILES string of the molecule is O=CC1(CN2CCOC3CCCCC32)CCCOC1. The van der Waals surface area contributed by atoms with E-state index in [0.717, 1.165) is 45.4 Å². The smallest absolute Gasteiger partial charge is 0.129 e. The van der Waals surface area contributed by atoms with Gasteiger partial charge in [-0.15, -0.1) is 0 Å². The Labute approximate surface area is 115 Å². The van der Waals surface area contributed by atoms with Crippen LogP contribution in [0, 0.1) is 5.41 Å². The Kier molecular flexibility index (Phi) is 4.20. The molecule has 108 valence electrons. The van der Waals surface area contributed by atoms with Crippen LogP contribution >= 0.6 is 0 Å². The fourth-order valence-corrected chi connectivity index (χ4v) is 3.91. The van der Waals surface area contributed by atoms with E-state index in [-0.39, 0.29) is 5.41 Å². The van der Waals surface area contributed by atoms with Crippen molar-refractivity contribution in [3.8, 4) is 0 Å². The number of carbonyl (C=O) groups excluding carboxylic acids is 1. The molecule has 0 spiro atoms. The Bertz CT molecular complexity index is 313. The van der Waals surface area contributed by atoms with Crippen LogP contribution in [0.5, 0.6) is 0 Å². The first-order valence-electron chi connectivity index (χ1n) is 7.73. The van der Waals surface area contributed by atoms with E-state index in [9.17, 15) is 4.79 Å². The third kappa shape index (κ3) is 2.86. The van der Waals surface area contributed by atoms with Gasteiger partial charge < -0.3 is 14.3 Å². The number of rotatable bonds is 3. The molecule has 0 amide bonds. The second kappa shape index (κ2) is 5.90. The molecule has 0 aromatic heterocycles. The standard InChI is InChI=1S/C15H25NO3/c17-11-15(6-3-8-18-12-15)10-16-7-9-19-14-5-2-1-4-13(14)16/h11,13-14H,1-10,12H2. The van der Waals surface area contributed by atoms with E-state index >= 15 is 0 Å². The van der Waals surface area contributed by atoms with Crippen LogP contribution < -0.4 is 0 Å². The maximum Gasteiger partial charge on any atom is 0.129 e. The molecule has 3 unspecified atom stereocenters. The number of hydrogen-bond donors (Lipinski definition) is 0. The van der Waals surface area contributed by atoms with Gasteiger partial charge in [0.2, 0.25) is 0 Å². The average molecular weight is 267 g/mol. The number of nitrogens with zero attached hydrogens (tertiary/aromatic N) is 1. The summed E-state index contributed by atoms with van der Waals surface area (Å²) in [5.41, 5.74) is -0.266. The molecular weight excluding hydrogens is 242 g/mol. The first kappa shape index (κ1) is 13.5. The summed E-state index contributed by atoms with van der Waals surface area (Å²) in [6, 6.07) is 0.529. The summed E-state index contributed by atoms with van der Waals surface area (Å²) in [6.07, 6.45) is 8.53. The highest BCUT2D eigenvalue weighted by Gasteiger charge is 2.40. The van der Waals surface area contributed by atoms with Gasteiger partial charge in [0.15, 0.2) is 0 Å². The van der Waals surface area contributed by atoms with Gasteiger partial charge in [0.1, 0.15) is 6.29 Å². The topological polar surface area (TPSA) is 38.8 Å². The van der Waals surface area contributed by atoms with Gasteiger partial charge in [-0.1, -0.05) is 12.8 Å². The molecule has 19 heavy (non-hydrogen) atoms. The summed E-state index contributed by atoms with van der Waals surface area (Å²) in [4.78, 5) is 14.1. The van der Waals surface area contributed by atoms with Gasteiger partial charge in [0.05, 0.1) is 24.7 Å². The first-order chi connectivity index (χ1) is 9.33. The molecule has 0 aromatic carbocycles. The minimum Gasteiger partial charge on any atom is -0.380 e. The molecule has 0 radical (unpaired) electrons. The lowest BCUT2D eigenvalue weighted by atomic mass is 9.81. The number of aldehydes is 1. The van der Waals surface area contributed by atoms with E-state index in [2.05, 4.69) is 4.90 Å². The molecular formula is C15H25NO3. The van der Waals surface area contributed by atoms with E-state index in [1.54, 1.807) is 0 Å². The van der Waals surface area contributed by atoms with Crippen molar-refractivity contribution in [1.29, 1.82) is 0 Å². The average Bonchev–Trinajstić information content (AvgIpc) is 2.49. The third-order valence-corrected chi connectivity index (χ3v) is 4.97. The van der Waals surface area contributed by atoms with Crippen molar-refractivity contribution in [2.45, 2.75) is 50.7 Å². The lowest BCUT2D eigenvalue weighted by molar-refractivity contribution is -0.135. The Hall–Kier alpha value is -0.450.